The predicted octanol–water partition coefficient (Wildman–Crippen LogP) is 2.59. The summed E-state index contributed by atoms with van der Waals surface area (Å²) in [5, 5.41) is 0. The van der Waals surface area contributed by atoms with Crippen molar-refractivity contribution >= 4 is 11.4 Å². The molecule has 1 aromatic rings. The van der Waals surface area contributed by atoms with Gasteiger partial charge in [0.2, 0.25) is 0 Å². The molecule has 0 saturated carbocycles. The van der Waals surface area contributed by atoms with Gasteiger partial charge < -0.3 is 20.3 Å². The Morgan fingerprint density at radius 3 is 2.85 bits per heavy atom. The van der Waals surface area contributed by atoms with Gasteiger partial charge in [0.15, 0.2) is 0 Å². The van der Waals surface area contributed by atoms with Crippen molar-refractivity contribution in [2.45, 2.75) is 31.7 Å². The number of rotatable bonds is 5. The van der Waals surface area contributed by atoms with Crippen LogP contribution < -0.4 is 15.4 Å². The molecule has 1 aliphatic heterocycles. The molecule has 1 aromatic carbocycles. The summed E-state index contributed by atoms with van der Waals surface area (Å²) < 4.78 is 5.90. The lowest BCUT2D eigenvalue weighted by Crippen LogP contribution is -2.37. The summed E-state index contributed by atoms with van der Waals surface area (Å²) in [4.78, 5) is 4.51. The van der Waals surface area contributed by atoms with Crippen molar-refractivity contribution in [3.8, 4) is 5.75 Å². The third-order valence-electron chi connectivity index (χ3n) is 4.14. The van der Waals surface area contributed by atoms with Crippen molar-refractivity contribution < 1.29 is 4.74 Å². The second-order valence-corrected chi connectivity index (χ2v) is 5.88. The van der Waals surface area contributed by atoms with E-state index in [0.29, 0.717) is 11.7 Å². The Hall–Kier alpha value is -1.42. The molecule has 1 unspecified atom stereocenters. The van der Waals surface area contributed by atoms with Crippen LogP contribution in [0, 0.1) is 0 Å². The van der Waals surface area contributed by atoms with Gasteiger partial charge in [-0.05, 0) is 45.0 Å². The van der Waals surface area contributed by atoms with Crippen molar-refractivity contribution in [3.05, 3.63) is 18.2 Å². The van der Waals surface area contributed by atoms with Gasteiger partial charge in [0.1, 0.15) is 5.75 Å². The smallest absolute Gasteiger partial charge is 0.144 e. The molecule has 1 saturated heterocycles. The van der Waals surface area contributed by atoms with Crippen LogP contribution in [0.2, 0.25) is 0 Å². The van der Waals surface area contributed by atoms with E-state index in [9.17, 15) is 0 Å². The van der Waals surface area contributed by atoms with Crippen LogP contribution in [0.4, 0.5) is 11.4 Å². The molecule has 0 aliphatic carbocycles. The standard InChI is InChI=1S/C16H27N3O/c1-18(2)14-7-8-15(17)16(12-14)20-11-9-13-6-4-5-10-19(13)3/h7-8,12-13H,4-6,9-11,17H2,1-3H3. The third-order valence-corrected chi connectivity index (χ3v) is 4.14. The Bertz CT molecular complexity index is 434. The van der Waals surface area contributed by atoms with Crippen molar-refractivity contribution in [3.63, 3.8) is 0 Å². The predicted molar refractivity (Wildman–Crippen MR) is 85.6 cm³/mol. The van der Waals surface area contributed by atoms with E-state index >= 15 is 0 Å². The molecule has 2 N–H and O–H groups in total. The van der Waals surface area contributed by atoms with Gasteiger partial charge >= 0.3 is 0 Å². The molecule has 0 radical (unpaired) electrons. The highest BCUT2D eigenvalue weighted by Gasteiger charge is 2.18. The van der Waals surface area contributed by atoms with Crippen LogP contribution in [0.5, 0.6) is 5.75 Å². The van der Waals surface area contributed by atoms with E-state index in [1.165, 1.54) is 25.8 Å². The van der Waals surface area contributed by atoms with Crippen LogP contribution in [0.1, 0.15) is 25.7 Å². The second-order valence-electron chi connectivity index (χ2n) is 5.88. The number of likely N-dealkylation sites (tertiary alicyclic amines) is 1. The molecule has 112 valence electrons. The molecule has 4 nitrogen and oxygen atoms in total. The van der Waals surface area contributed by atoms with Gasteiger partial charge in [0.25, 0.3) is 0 Å². The van der Waals surface area contributed by atoms with Gasteiger partial charge in [-0.3, -0.25) is 0 Å². The molecule has 0 aromatic heterocycles. The van der Waals surface area contributed by atoms with Gasteiger partial charge in [-0.25, -0.2) is 0 Å². The van der Waals surface area contributed by atoms with Crippen molar-refractivity contribution in [1.82, 2.24) is 4.90 Å². The number of hydrogen-bond donors (Lipinski definition) is 1. The van der Waals surface area contributed by atoms with E-state index in [1.807, 2.05) is 32.3 Å². The maximum Gasteiger partial charge on any atom is 0.144 e. The SMILES string of the molecule is CN(C)c1ccc(N)c(OCCC2CCCCN2C)c1. The molecule has 1 fully saturated rings. The van der Waals surface area contributed by atoms with Crippen LogP contribution in [-0.2, 0) is 0 Å². The summed E-state index contributed by atoms with van der Waals surface area (Å²) in [6.45, 7) is 1.94. The lowest BCUT2D eigenvalue weighted by atomic mass is 10.0. The zero-order chi connectivity index (χ0) is 14.5. The van der Waals surface area contributed by atoms with E-state index < -0.39 is 0 Å². The van der Waals surface area contributed by atoms with Crippen molar-refractivity contribution in [1.29, 1.82) is 0 Å². The summed E-state index contributed by atoms with van der Waals surface area (Å²) >= 11 is 0. The Labute approximate surface area is 122 Å². The topological polar surface area (TPSA) is 41.7 Å². The minimum atomic E-state index is 0.655. The van der Waals surface area contributed by atoms with Crippen molar-refractivity contribution in [2.75, 3.05) is 44.9 Å². The number of benzene rings is 1. The number of piperidine rings is 1. The van der Waals surface area contributed by atoms with Crippen LogP contribution in [0.25, 0.3) is 0 Å². The second kappa shape index (κ2) is 6.84. The fourth-order valence-corrected chi connectivity index (χ4v) is 2.74. The van der Waals surface area contributed by atoms with Crippen LogP contribution in [-0.4, -0.2) is 45.2 Å². The molecule has 0 bridgehead atoms. The van der Waals surface area contributed by atoms with Gasteiger partial charge in [-0.2, -0.15) is 0 Å². The first kappa shape index (κ1) is 15.0. The van der Waals surface area contributed by atoms with Crippen LogP contribution in [0.3, 0.4) is 0 Å². The fraction of sp³-hybridized carbons (Fsp3) is 0.625. The molecule has 1 atom stereocenters. The van der Waals surface area contributed by atoms with E-state index in [-0.39, 0.29) is 0 Å². The molecule has 1 heterocycles. The number of nitrogens with zero attached hydrogens (tertiary/aromatic N) is 2. The lowest BCUT2D eigenvalue weighted by molar-refractivity contribution is 0.153. The Kier molecular flexibility index (Phi) is 5.12. The van der Waals surface area contributed by atoms with Crippen LogP contribution in [0.15, 0.2) is 18.2 Å². The highest BCUT2D eigenvalue weighted by Crippen LogP contribution is 2.27. The van der Waals surface area contributed by atoms with E-state index in [2.05, 4.69) is 16.8 Å². The highest BCUT2D eigenvalue weighted by molar-refractivity contribution is 5.61. The Balaban J connectivity index is 1.88. The first-order valence-electron chi connectivity index (χ1n) is 7.48. The molecular weight excluding hydrogens is 250 g/mol. The summed E-state index contributed by atoms with van der Waals surface area (Å²) in [6.07, 6.45) is 5.02. The Morgan fingerprint density at radius 2 is 2.15 bits per heavy atom. The average molecular weight is 277 g/mol. The van der Waals surface area contributed by atoms with Gasteiger partial charge in [-0.1, -0.05) is 6.42 Å². The van der Waals surface area contributed by atoms with Gasteiger partial charge in [0.05, 0.1) is 12.3 Å². The molecule has 2 rings (SSSR count). The zero-order valence-electron chi connectivity index (χ0n) is 12.9. The number of hydrogen-bond acceptors (Lipinski definition) is 4. The maximum absolute atomic E-state index is 5.98. The summed E-state index contributed by atoms with van der Waals surface area (Å²) in [7, 11) is 6.25. The molecule has 0 spiro atoms. The molecule has 0 amide bonds. The number of nitrogen functional groups attached to an aromatic ring is 1. The minimum Gasteiger partial charge on any atom is -0.491 e. The first-order chi connectivity index (χ1) is 9.58. The fourth-order valence-electron chi connectivity index (χ4n) is 2.74. The lowest BCUT2D eigenvalue weighted by Gasteiger charge is -2.32. The normalized spacial score (nSPS) is 19.9. The zero-order valence-corrected chi connectivity index (χ0v) is 12.9. The first-order valence-corrected chi connectivity index (χ1v) is 7.48. The molecule has 1 aliphatic rings. The van der Waals surface area contributed by atoms with Gasteiger partial charge in [-0.15, -0.1) is 0 Å². The molecule has 20 heavy (non-hydrogen) atoms. The number of anilines is 2. The monoisotopic (exact) mass is 277 g/mol. The largest absolute Gasteiger partial charge is 0.491 e. The molecule has 4 heteroatoms. The van der Waals surface area contributed by atoms with Crippen LogP contribution >= 0.6 is 0 Å². The van der Waals surface area contributed by atoms with Gasteiger partial charge in [0, 0.05) is 31.9 Å². The van der Waals surface area contributed by atoms with E-state index in [1.54, 1.807) is 0 Å². The molecular formula is C16H27N3O. The number of ether oxygens (including phenoxy) is 1. The van der Waals surface area contributed by atoms with Crippen molar-refractivity contribution in [2.24, 2.45) is 0 Å². The summed E-state index contributed by atoms with van der Waals surface area (Å²) in [5.41, 5.74) is 7.81. The van der Waals surface area contributed by atoms with E-state index in [4.69, 9.17) is 10.5 Å². The Morgan fingerprint density at radius 1 is 1.35 bits per heavy atom. The summed E-state index contributed by atoms with van der Waals surface area (Å²) in [6, 6.07) is 6.59. The number of nitrogens with two attached hydrogens (primary N) is 1. The highest BCUT2D eigenvalue weighted by atomic mass is 16.5. The maximum atomic E-state index is 5.98. The third kappa shape index (κ3) is 3.79. The summed E-state index contributed by atoms with van der Waals surface area (Å²) in [5.74, 6) is 0.801. The average Bonchev–Trinajstić information content (AvgIpc) is 2.42. The quantitative estimate of drug-likeness (QED) is 0.840. The van der Waals surface area contributed by atoms with E-state index in [0.717, 1.165) is 24.5 Å². The minimum absolute atomic E-state index is 0.655.